The summed E-state index contributed by atoms with van der Waals surface area (Å²) < 4.78 is 6.14. The predicted octanol–water partition coefficient (Wildman–Crippen LogP) is 7.78. The van der Waals surface area contributed by atoms with Gasteiger partial charge in [-0.2, -0.15) is 0 Å². The van der Waals surface area contributed by atoms with Crippen LogP contribution in [0.3, 0.4) is 0 Å². The van der Waals surface area contributed by atoms with E-state index in [1.165, 1.54) is 11.3 Å². The van der Waals surface area contributed by atoms with E-state index >= 15 is 0 Å². The molecule has 0 bridgehead atoms. The van der Waals surface area contributed by atoms with E-state index in [4.69, 9.17) is 16.3 Å². The molecule has 1 atom stereocenters. The lowest BCUT2D eigenvalue weighted by atomic mass is 9.98. The van der Waals surface area contributed by atoms with Crippen LogP contribution >= 0.6 is 22.9 Å². The van der Waals surface area contributed by atoms with Crippen LogP contribution in [0, 0.1) is 24.2 Å². The van der Waals surface area contributed by atoms with Crippen molar-refractivity contribution in [3.63, 3.8) is 0 Å². The molecule has 1 heterocycles. The third kappa shape index (κ3) is 7.55. The fourth-order valence-corrected chi connectivity index (χ4v) is 4.18. The van der Waals surface area contributed by atoms with E-state index in [1.807, 2.05) is 91.5 Å². The van der Waals surface area contributed by atoms with Crippen LogP contribution in [-0.4, -0.2) is 23.7 Å². The Morgan fingerprint density at radius 3 is 2.34 bits per heavy atom. The van der Waals surface area contributed by atoms with Gasteiger partial charge in [0.1, 0.15) is 4.88 Å². The van der Waals surface area contributed by atoms with Crippen molar-refractivity contribution in [1.82, 2.24) is 0 Å². The molecule has 1 unspecified atom stereocenters. The third-order valence-corrected chi connectivity index (χ3v) is 5.64. The van der Waals surface area contributed by atoms with Gasteiger partial charge in [0.2, 0.25) is 0 Å². The van der Waals surface area contributed by atoms with E-state index in [9.17, 15) is 9.90 Å². The first-order valence-corrected chi connectivity index (χ1v) is 12.2. The highest BCUT2D eigenvalue weighted by Gasteiger charge is 2.30. The molecule has 1 aromatic carbocycles. The van der Waals surface area contributed by atoms with Gasteiger partial charge in [-0.05, 0) is 72.2 Å². The van der Waals surface area contributed by atoms with Crippen molar-refractivity contribution in [2.75, 3.05) is 11.5 Å². The zero-order valence-electron chi connectivity index (χ0n) is 20.7. The zero-order valence-corrected chi connectivity index (χ0v) is 22.2. The minimum absolute atomic E-state index is 0.00671. The minimum Gasteiger partial charge on any atom is -0.477 e. The number of halogens is 1. The molecule has 0 saturated carbocycles. The molecule has 2 aromatic rings. The average Bonchev–Trinajstić information content (AvgIpc) is 3.11. The first kappa shape index (κ1) is 28.0. The maximum Gasteiger partial charge on any atom is 0.348 e. The van der Waals surface area contributed by atoms with Gasteiger partial charge >= 0.3 is 5.97 Å². The summed E-state index contributed by atoms with van der Waals surface area (Å²) in [6.45, 7) is 18.5. The SMILES string of the molecule is CC.CCOC(c1ccc(Cl)cc1C)N(c1cc(C#CC(C)(C)C)sc1C(=O)O)C(C)C. The van der Waals surface area contributed by atoms with Gasteiger partial charge in [-0.3, -0.25) is 0 Å². The van der Waals surface area contributed by atoms with Crippen molar-refractivity contribution in [3.8, 4) is 11.8 Å². The Morgan fingerprint density at radius 1 is 1.25 bits per heavy atom. The Hall–Kier alpha value is -2.00. The minimum atomic E-state index is -0.965. The summed E-state index contributed by atoms with van der Waals surface area (Å²) in [5, 5.41) is 10.5. The number of ether oxygens (including phenoxy) is 1. The maximum atomic E-state index is 12.1. The lowest BCUT2D eigenvalue weighted by Gasteiger charge is -2.37. The van der Waals surface area contributed by atoms with E-state index < -0.39 is 12.2 Å². The summed E-state index contributed by atoms with van der Waals surface area (Å²) in [6.07, 6.45) is -0.441. The van der Waals surface area contributed by atoms with Crippen LogP contribution in [0.2, 0.25) is 5.02 Å². The van der Waals surface area contributed by atoms with E-state index in [2.05, 4.69) is 11.8 Å². The topological polar surface area (TPSA) is 49.8 Å². The number of benzene rings is 1. The highest BCUT2D eigenvalue weighted by atomic mass is 35.5. The average molecular weight is 478 g/mol. The van der Waals surface area contributed by atoms with Crippen molar-refractivity contribution in [3.05, 3.63) is 50.2 Å². The number of thiophene rings is 1. The summed E-state index contributed by atoms with van der Waals surface area (Å²) in [7, 11) is 0. The van der Waals surface area contributed by atoms with Crippen molar-refractivity contribution in [1.29, 1.82) is 0 Å². The second-order valence-electron chi connectivity index (χ2n) is 8.44. The summed E-state index contributed by atoms with van der Waals surface area (Å²) >= 11 is 7.35. The second kappa shape index (κ2) is 12.3. The van der Waals surface area contributed by atoms with Crippen molar-refractivity contribution in [2.24, 2.45) is 5.41 Å². The van der Waals surface area contributed by atoms with Crippen LogP contribution in [0.5, 0.6) is 0 Å². The standard InChI is InChI=1S/C24H30ClNO3S.C2H6/c1-8-29-22(19-10-9-17(25)13-16(19)4)26(15(2)3)20-14-18(11-12-24(5,6)7)30-21(20)23(27)28;1-2/h9-10,13-15,22H,8H2,1-7H3,(H,27,28);1-2H3. The van der Waals surface area contributed by atoms with Crippen LogP contribution in [0.25, 0.3) is 0 Å². The smallest absolute Gasteiger partial charge is 0.348 e. The maximum absolute atomic E-state index is 12.1. The number of carboxylic acids is 1. The van der Waals surface area contributed by atoms with Gasteiger partial charge in [-0.1, -0.05) is 43.4 Å². The highest BCUT2D eigenvalue weighted by Crippen LogP contribution is 2.38. The molecule has 32 heavy (non-hydrogen) atoms. The Balaban J connectivity index is 0.00000249. The first-order chi connectivity index (χ1) is 14.9. The number of carboxylic acid groups (broad SMARTS) is 1. The van der Waals surface area contributed by atoms with Crippen LogP contribution in [0.1, 0.15) is 87.3 Å². The lowest BCUT2D eigenvalue weighted by molar-refractivity contribution is 0.0543. The first-order valence-electron chi connectivity index (χ1n) is 11.0. The monoisotopic (exact) mass is 477 g/mol. The van der Waals surface area contributed by atoms with Gasteiger partial charge in [-0.15, -0.1) is 11.3 Å². The number of hydrogen-bond acceptors (Lipinski definition) is 4. The number of rotatable bonds is 7. The summed E-state index contributed by atoms with van der Waals surface area (Å²) in [5.41, 5.74) is 2.40. The number of carbonyl (C=O) groups is 1. The molecule has 1 N–H and O–H groups in total. The quantitative estimate of drug-likeness (QED) is 0.326. The third-order valence-electron chi connectivity index (χ3n) is 4.38. The van der Waals surface area contributed by atoms with Gasteiger partial charge in [0.15, 0.2) is 6.23 Å². The lowest BCUT2D eigenvalue weighted by Crippen LogP contribution is -2.37. The van der Waals surface area contributed by atoms with Crippen molar-refractivity contribution >= 4 is 34.6 Å². The highest BCUT2D eigenvalue weighted by molar-refractivity contribution is 7.15. The molecule has 2 rings (SSSR count). The summed E-state index contributed by atoms with van der Waals surface area (Å²) in [5.74, 6) is 5.37. The zero-order chi connectivity index (χ0) is 24.6. The molecular weight excluding hydrogens is 442 g/mol. The Kier molecular flexibility index (Phi) is 10.8. The molecule has 1 aromatic heterocycles. The molecule has 0 aliphatic carbocycles. The second-order valence-corrected chi connectivity index (χ2v) is 9.93. The molecule has 0 spiro atoms. The molecule has 176 valence electrons. The van der Waals surface area contributed by atoms with E-state index in [-0.39, 0.29) is 16.3 Å². The van der Waals surface area contributed by atoms with E-state index in [0.717, 1.165) is 16.0 Å². The van der Waals surface area contributed by atoms with Crippen LogP contribution in [-0.2, 0) is 4.74 Å². The summed E-state index contributed by atoms with van der Waals surface area (Å²) in [6, 6.07) is 7.53. The summed E-state index contributed by atoms with van der Waals surface area (Å²) in [4.78, 5) is 15.1. The van der Waals surface area contributed by atoms with Crippen LogP contribution in [0.4, 0.5) is 5.69 Å². The number of aryl methyl sites for hydroxylation is 1. The van der Waals surface area contributed by atoms with Gasteiger partial charge in [0.25, 0.3) is 0 Å². The largest absolute Gasteiger partial charge is 0.477 e. The fourth-order valence-electron chi connectivity index (χ4n) is 3.11. The predicted molar refractivity (Wildman–Crippen MR) is 137 cm³/mol. The van der Waals surface area contributed by atoms with E-state index in [1.54, 1.807) is 0 Å². The van der Waals surface area contributed by atoms with Crippen molar-refractivity contribution in [2.45, 2.75) is 74.6 Å². The van der Waals surface area contributed by atoms with Crippen LogP contribution < -0.4 is 4.90 Å². The fraction of sp³-hybridized carbons (Fsp3) is 0.500. The Morgan fingerprint density at radius 2 is 1.88 bits per heavy atom. The van der Waals surface area contributed by atoms with Gasteiger partial charge in [0.05, 0.1) is 10.6 Å². The molecule has 4 nitrogen and oxygen atoms in total. The normalized spacial score (nSPS) is 11.8. The number of aromatic carboxylic acids is 1. The molecular formula is C26H36ClNO3S. The van der Waals surface area contributed by atoms with Gasteiger partial charge in [0, 0.05) is 28.6 Å². The van der Waals surface area contributed by atoms with Gasteiger partial charge in [-0.25, -0.2) is 4.79 Å². The molecule has 6 heteroatoms. The number of anilines is 1. The van der Waals surface area contributed by atoms with Crippen LogP contribution in [0.15, 0.2) is 24.3 Å². The molecule has 0 aliphatic rings. The number of nitrogens with zero attached hydrogens (tertiary/aromatic N) is 1. The van der Waals surface area contributed by atoms with Crippen molar-refractivity contribution < 1.29 is 14.6 Å². The van der Waals surface area contributed by atoms with E-state index in [0.29, 0.717) is 17.3 Å². The number of hydrogen-bond donors (Lipinski definition) is 1. The Bertz CT molecular complexity index is 964. The Labute approximate surface area is 202 Å². The molecule has 0 saturated heterocycles. The molecule has 0 aliphatic heterocycles. The molecule has 0 fully saturated rings. The molecule has 0 radical (unpaired) electrons. The van der Waals surface area contributed by atoms with Gasteiger partial charge < -0.3 is 14.7 Å². The molecule has 0 amide bonds.